The molecule has 4 fully saturated rings. The molecule has 2 aromatic carbocycles. The summed E-state index contributed by atoms with van der Waals surface area (Å²) in [4.78, 5) is 49.6. The maximum absolute atomic E-state index is 13.4. The minimum absolute atomic E-state index is 0. The van der Waals surface area contributed by atoms with Crippen molar-refractivity contribution < 1.29 is 57.0 Å². The first-order valence-electron chi connectivity index (χ1n) is 22.4. The van der Waals surface area contributed by atoms with Gasteiger partial charge in [-0.05, 0) is 130 Å². The van der Waals surface area contributed by atoms with Crippen LogP contribution in [0.5, 0.6) is 0 Å². The minimum Gasteiger partial charge on any atom is -0.443 e. The van der Waals surface area contributed by atoms with Gasteiger partial charge in [-0.25, -0.2) is 28.7 Å². The number of aryl methyl sites for hydroxylation is 4. The number of carbonyl (C=O) groups excluding carboxylic acids is 3. The summed E-state index contributed by atoms with van der Waals surface area (Å²) in [6.07, 6.45) is -0.114. The van der Waals surface area contributed by atoms with E-state index in [1.807, 2.05) is 87.4 Å². The van der Waals surface area contributed by atoms with Crippen molar-refractivity contribution in [3.05, 3.63) is 69.9 Å². The Bertz CT molecular complexity index is 2810. The highest BCUT2D eigenvalue weighted by atomic mass is 16.7. The number of ketones is 1. The van der Waals surface area contributed by atoms with E-state index in [9.17, 15) is 19.5 Å². The number of aliphatic hydroxyl groups excluding tert-OH is 1. The van der Waals surface area contributed by atoms with Crippen LogP contribution in [0.3, 0.4) is 0 Å². The van der Waals surface area contributed by atoms with Crippen LogP contribution in [-0.4, -0.2) is 103 Å². The van der Waals surface area contributed by atoms with Gasteiger partial charge in [0.1, 0.15) is 46.0 Å². The van der Waals surface area contributed by atoms with Crippen molar-refractivity contribution in [1.82, 2.24) is 29.4 Å². The van der Waals surface area contributed by atoms with E-state index >= 15 is 0 Å². The molecule has 18 nitrogen and oxygen atoms in total. The van der Waals surface area contributed by atoms with Gasteiger partial charge in [0.15, 0.2) is 6.29 Å². The molecule has 2 aliphatic heterocycles. The van der Waals surface area contributed by atoms with Crippen molar-refractivity contribution in [2.75, 3.05) is 26.4 Å². The molecule has 67 heavy (non-hydrogen) atoms. The highest BCUT2D eigenvalue weighted by Crippen LogP contribution is 2.45. The van der Waals surface area contributed by atoms with Crippen LogP contribution in [0.2, 0.25) is 0 Å². The Morgan fingerprint density at radius 3 is 1.52 bits per heavy atom. The van der Waals surface area contributed by atoms with Crippen molar-refractivity contribution in [1.29, 1.82) is 0 Å². The minimum atomic E-state index is -1.08. The molecule has 0 radical (unpaired) electrons. The topological polar surface area (TPSA) is 215 Å². The number of imidazole rings is 2. The summed E-state index contributed by atoms with van der Waals surface area (Å²) in [5.74, 6) is 2.51. The number of aromatic nitrogens is 6. The lowest BCUT2D eigenvalue weighted by Gasteiger charge is -2.21. The van der Waals surface area contributed by atoms with E-state index in [1.165, 1.54) is 4.57 Å². The summed E-state index contributed by atoms with van der Waals surface area (Å²) in [5.41, 5.74) is 5.98. The highest BCUT2D eigenvalue weighted by Gasteiger charge is 2.38. The predicted octanol–water partition coefficient (Wildman–Crippen LogP) is 9.54. The molecule has 6 aromatic rings. The van der Waals surface area contributed by atoms with Crippen molar-refractivity contribution >= 4 is 40.0 Å². The van der Waals surface area contributed by atoms with Crippen LogP contribution in [0.25, 0.3) is 44.3 Å². The third kappa shape index (κ3) is 9.54. The fourth-order valence-electron chi connectivity index (χ4n) is 8.48. The quantitative estimate of drug-likeness (QED) is 0.141. The fraction of sp³-hybridized carbons (Fsp3) is 0.531. The zero-order valence-electron chi connectivity index (χ0n) is 39.0. The van der Waals surface area contributed by atoms with Crippen LogP contribution in [0.4, 0.5) is 9.59 Å². The zero-order valence-corrected chi connectivity index (χ0v) is 39.0. The van der Waals surface area contributed by atoms with E-state index in [1.54, 1.807) is 10.6 Å². The number of hydrogen-bond donors (Lipinski definition) is 1. The molecule has 1 N–H and O–H groups in total. The number of fused-ring (bicyclic) bond motifs is 2. The van der Waals surface area contributed by atoms with E-state index in [2.05, 4.69) is 10.3 Å². The van der Waals surface area contributed by atoms with E-state index in [-0.39, 0.29) is 25.0 Å². The molecule has 0 amide bonds. The molecule has 1 atom stereocenters. The second-order valence-electron chi connectivity index (χ2n) is 19.3. The lowest BCUT2D eigenvalue weighted by atomic mass is 9.97. The van der Waals surface area contributed by atoms with E-state index < -0.39 is 42.1 Å². The van der Waals surface area contributed by atoms with Gasteiger partial charge in [-0.3, -0.25) is 4.79 Å². The van der Waals surface area contributed by atoms with Crippen molar-refractivity contribution in [2.45, 2.75) is 144 Å². The fourth-order valence-corrected chi connectivity index (χ4v) is 8.48. The summed E-state index contributed by atoms with van der Waals surface area (Å²) < 4.78 is 47.3. The monoisotopic (exact) mass is 924 g/mol. The van der Waals surface area contributed by atoms with Crippen LogP contribution in [0.15, 0.2) is 33.3 Å². The van der Waals surface area contributed by atoms with Gasteiger partial charge in [0, 0.05) is 28.5 Å². The standard InChI is InChI=1S/C24H29N3O6.C24H27N3O6.CH4/c2*1-12-18(13(2)33-26-12)15-10-16(20(28)22-30-8-9-31-22)19-17(11-15)27(21(25-19)14-6-7-14)23(29)32-24(3,4)5;/h10-11,14,20,22,28H,6-9H2,1-5H3;10-11,14,22H,6-9H2,1-5H3;1H4. The van der Waals surface area contributed by atoms with Gasteiger partial charge in [0.25, 0.3) is 0 Å². The van der Waals surface area contributed by atoms with Crippen molar-refractivity contribution in [2.24, 2.45) is 0 Å². The number of carbonyl (C=O) groups is 3. The molecule has 0 bridgehead atoms. The van der Waals surface area contributed by atoms with Gasteiger partial charge in [-0.2, -0.15) is 0 Å². The highest BCUT2D eigenvalue weighted by molar-refractivity contribution is 6.10. The molecule has 4 aliphatic rings. The molecule has 1 unspecified atom stereocenters. The van der Waals surface area contributed by atoms with E-state index in [4.69, 9.17) is 47.4 Å². The molecule has 18 heteroatoms. The first-order chi connectivity index (χ1) is 31.3. The van der Waals surface area contributed by atoms with Crippen LogP contribution < -0.4 is 0 Å². The first kappa shape index (κ1) is 47.7. The molecule has 0 spiro atoms. The first-order valence-corrected chi connectivity index (χ1v) is 22.4. The number of benzene rings is 2. The second kappa shape index (κ2) is 18.0. The normalized spacial score (nSPS) is 17.4. The molecule has 4 aromatic heterocycles. The van der Waals surface area contributed by atoms with Crippen LogP contribution in [0.1, 0.15) is 143 Å². The molecular weight excluding hydrogens is 865 g/mol. The zero-order chi connectivity index (χ0) is 47.0. The maximum Gasteiger partial charge on any atom is 0.420 e. The Morgan fingerprint density at radius 1 is 0.657 bits per heavy atom. The summed E-state index contributed by atoms with van der Waals surface area (Å²) in [7, 11) is 0. The Labute approximate surface area is 388 Å². The van der Waals surface area contributed by atoms with E-state index in [0.717, 1.165) is 42.4 Å². The molecule has 2 saturated heterocycles. The lowest BCUT2D eigenvalue weighted by Crippen LogP contribution is -2.28. The largest absolute Gasteiger partial charge is 0.443 e. The molecule has 2 aliphatic carbocycles. The Morgan fingerprint density at radius 2 is 1.09 bits per heavy atom. The molecule has 6 heterocycles. The van der Waals surface area contributed by atoms with Gasteiger partial charge in [0.2, 0.25) is 12.1 Å². The SMILES string of the molecule is C.Cc1noc(C)c1-c1cc(C(=O)C2OCCO2)c2nc(C3CC3)n(C(=O)OC(C)(C)C)c2c1.Cc1noc(C)c1-c1cc(C(O)C2OCCO2)c2nc(C3CC3)n(C(=O)OC(C)(C)C)c2c1. The molecular formula is C49H60N6O12. The van der Waals surface area contributed by atoms with Crippen molar-refractivity contribution in [3.8, 4) is 22.3 Å². The second-order valence-corrected chi connectivity index (χ2v) is 19.3. The summed E-state index contributed by atoms with van der Waals surface area (Å²) in [6, 6.07) is 7.34. The van der Waals surface area contributed by atoms with Crippen LogP contribution in [0, 0.1) is 27.7 Å². The number of nitrogens with zero attached hydrogens (tertiary/aromatic N) is 6. The predicted molar refractivity (Wildman–Crippen MR) is 244 cm³/mol. The number of Topliss-reactive ketones (excluding diaryl/α,β-unsaturated/α-hetero) is 1. The summed E-state index contributed by atoms with van der Waals surface area (Å²) in [5, 5.41) is 19.3. The number of aliphatic hydroxyl groups is 1. The van der Waals surface area contributed by atoms with Gasteiger partial charge in [0.05, 0.1) is 59.9 Å². The average molecular weight is 925 g/mol. The van der Waals surface area contributed by atoms with E-state index in [0.29, 0.717) is 99.7 Å². The van der Waals surface area contributed by atoms with Crippen LogP contribution >= 0.6 is 0 Å². The van der Waals surface area contributed by atoms with Gasteiger partial charge in [-0.15, -0.1) is 0 Å². The molecule has 2 saturated carbocycles. The van der Waals surface area contributed by atoms with Gasteiger partial charge >= 0.3 is 12.2 Å². The number of rotatable bonds is 8. The summed E-state index contributed by atoms with van der Waals surface area (Å²) >= 11 is 0. The smallest absolute Gasteiger partial charge is 0.420 e. The summed E-state index contributed by atoms with van der Waals surface area (Å²) in [6.45, 7) is 19.8. The maximum atomic E-state index is 13.4. The average Bonchev–Trinajstić information content (AvgIpc) is 3.81. The number of ether oxygens (including phenoxy) is 6. The third-order valence-corrected chi connectivity index (χ3v) is 11.6. The Kier molecular flexibility index (Phi) is 12.8. The van der Waals surface area contributed by atoms with Crippen molar-refractivity contribution in [3.63, 3.8) is 0 Å². The van der Waals surface area contributed by atoms with Gasteiger partial charge < -0.3 is 42.6 Å². The van der Waals surface area contributed by atoms with Gasteiger partial charge in [-0.1, -0.05) is 17.7 Å². The lowest BCUT2D eigenvalue weighted by molar-refractivity contribution is -0.121. The third-order valence-electron chi connectivity index (χ3n) is 11.6. The molecule has 10 rings (SSSR count). The Balaban J connectivity index is 0.000000179. The number of hydrogen-bond acceptors (Lipinski definition) is 16. The van der Waals surface area contributed by atoms with Crippen LogP contribution in [-0.2, 0) is 28.4 Å². The molecule has 358 valence electrons. The Hall–Kier alpha value is -5.79.